The standard InChI is InChI=1S/C21H35O2/c22-19-15-10-8-6-4-2-1-3-5-7-9-11-16-20-23-21-17-13-12-14-18-21/h12-14,17-18H,1-11,15-16,19-20H2. The smallest absolute Gasteiger partial charge is 0.119 e. The highest BCUT2D eigenvalue weighted by molar-refractivity contribution is 5.20. The molecule has 0 spiro atoms. The fourth-order valence-corrected chi connectivity index (χ4v) is 2.86. The Balaban J connectivity index is 1.72. The summed E-state index contributed by atoms with van der Waals surface area (Å²) in [7, 11) is 0. The van der Waals surface area contributed by atoms with Crippen molar-refractivity contribution in [3.8, 4) is 5.75 Å². The Labute approximate surface area is 143 Å². The van der Waals surface area contributed by atoms with Crippen molar-refractivity contribution in [3.63, 3.8) is 0 Å². The van der Waals surface area contributed by atoms with Gasteiger partial charge in [-0.05, 0) is 25.0 Å². The zero-order valence-electron chi connectivity index (χ0n) is 14.8. The Bertz CT molecular complexity index is 337. The van der Waals surface area contributed by atoms with Crippen LogP contribution in [0.4, 0.5) is 0 Å². The van der Waals surface area contributed by atoms with Crippen LogP contribution in [0, 0.1) is 0 Å². The fraction of sp³-hybridized carbons (Fsp3) is 0.714. The van der Waals surface area contributed by atoms with E-state index in [4.69, 9.17) is 4.74 Å². The summed E-state index contributed by atoms with van der Waals surface area (Å²) in [6.07, 6.45) is 16.6. The molecular weight excluding hydrogens is 284 g/mol. The maximum absolute atomic E-state index is 10.3. The molecule has 1 rings (SSSR count). The van der Waals surface area contributed by atoms with Crippen molar-refractivity contribution < 1.29 is 9.84 Å². The van der Waals surface area contributed by atoms with Gasteiger partial charge in [-0.25, -0.2) is 5.11 Å². The molecule has 131 valence electrons. The summed E-state index contributed by atoms with van der Waals surface area (Å²) in [6.45, 7) is 0.953. The number of ether oxygens (including phenoxy) is 1. The Morgan fingerprint density at radius 2 is 1.00 bits per heavy atom. The number of hydrogen-bond donors (Lipinski definition) is 0. The zero-order chi connectivity index (χ0) is 16.4. The second-order valence-electron chi connectivity index (χ2n) is 6.46. The van der Waals surface area contributed by atoms with E-state index in [0.717, 1.165) is 31.6 Å². The molecule has 0 atom stereocenters. The van der Waals surface area contributed by atoms with Gasteiger partial charge in [-0.1, -0.05) is 88.8 Å². The molecule has 0 N–H and O–H groups in total. The minimum Gasteiger partial charge on any atom is -0.494 e. The summed E-state index contributed by atoms with van der Waals surface area (Å²) in [4.78, 5) is 0. The second-order valence-corrected chi connectivity index (χ2v) is 6.46. The SMILES string of the molecule is [O]CCCCCCCCCCCCCCCOc1ccccc1. The van der Waals surface area contributed by atoms with Gasteiger partial charge < -0.3 is 4.74 Å². The van der Waals surface area contributed by atoms with Gasteiger partial charge in [-0.15, -0.1) is 0 Å². The lowest BCUT2D eigenvalue weighted by Gasteiger charge is -2.06. The van der Waals surface area contributed by atoms with Crippen molar-refractivity contribution in [3.05, 3.63) is 30.3 Å². The van der Waals surface area contributed by atoms with Gasteiger partial charge in [0.05, 0.1) is 13.2 Å². The van der Waals surface area contributed by atoms with E-state index in [0.29, 0.717) is 0 Å². The average Bonchev–Trinajstić information content (AvgIpc) is 2.59. The summed E-state index contributed by atoms with van der Waals surface area (Å²) >= 11 is 0. The maximum atomic E-state index is 10.3. The van der Waals surface area contributed by atoms with Crippen LogP contribution in [0.3, 0.4) is 0 Å². The first-order valence-corrected chi connectivity index (χ1v) is 9.69. The van der Waals surface area contributed by atoms with Gasteiger partial charge in [0.25, 0.3) is 0 Å². The van der Waals surface area contributed by atoms with Crippen molar-refractivity contribution in [2.24, 2.45) is 0 Å². The number of unbranched alkanes of at least 4 members (excludes halogenated alkanes) is 12. The van der Waals surface area contributed by atoms with Crippen LogP contribution in [-0.2, 0) is 5.11 Å². The number of rotatable bonds is 16. The Morgan fingerprint density at radius 3 is 1.48 bits per heavy atom. The van der Waals surface area contributed by atoms with Crippen molar-refractivity contribution in [1.82, 2.24) is 0 Å². The fourth-order valence-electron chi connectivity index (χ4n) is 2.86. The van der Waals surface area contributed by atoms with Crippen LogP contribution in [0.5, 0.6) is 5.75 Å². The van der Waals surface area contributed by atoms with Crippen molar-refractivity contribution in [2.75, 3.05) is 13.2 Å². The van der Waals surface area contributed by atoms with E-state index in [1.54, 1.807) is 0 Å². The molecule has 0 unspecified atom stereocenters. The molecule has 0 saturated carbocycles. The molecule has 1 radical (unpaired) electrons. The lowest BCUT2D eigenvalue weighted by molar-refractivity contribution is 0.186. The van der Waals surface area contributed by atoms with Crippen LogP contribution < -0.4 is 4.74 Å². The first-order chi connectivity index (χ1) is 11.4. The largest absolute Gasteiger partial charge is 0.494 e. The van der Waals surface area contributed by atoms with E-state index in [2.05, 4.69) is 0 Å². The van der Waals surface area contributed by atoms with E-state index in [9.17, 15) is 5.11 Å². The van der Waals surface area contributed by atoms with Crippen LogP contribution >= 0.6 is 0 Å². The van der Waals surface area contributed by atoms with Gasteiger partial charge in [-0.3, -0.25) is 0 Å². The topological polar surface area (TPSA) is 29.1 Å². The molecular formula is C21H35O2. The molecule has 0 aliphatic carbocycles. The maximum Gasteiger partial charge on any atom is 0.119 e. The Kier molecular flexibility index (Phi) is 13.8. The predicted molar refractivity (Wildman–Crippen MR) is 97.5 cm³/mol. The lowest BCUT2D eigenvalue weighted by atomic mass is 10.0. The molecule has 1 aromatic rings. The van der Waals surface area contributed by atoms with E-state index in [-0.39, 0.29) is 6.61 Å². The minimum absolute atomic E-state index is 0.110. The summed E-state index contributed by atoms with van der Waals surface area (Å²) in [6, 6.07) is 10.1. The van der Waals surface area contributed by atoms with E-state index >= 15 is 0 Å². The van der Waals surface area contributed by atoms with Crippen LogP contribution in [0.2, 0.25) is 0 Å². The molecule has 2 heteroatoms. The number of hydrogen-bond acceptors (Lipinski definition) is 1. The third kappa shape index (κ3) is 13.1. The average molecular weight is 320 g/mol. The molecule has 0 fully saturated rings. The molecule has 2 nitrogen and oxygen atoms in total. The normalized spacial score (nSPS) is 10.8. The highest BCUT2D eigenvalue weighted by Gasteiger charge is 1.95. The monoisotopic (exact) mass is 319 g/mol. The van der Waals surface area contributed by atoms with E-state index in [1.807, 2.05) is 30.3 Å². The van der Waals surface area contributed by atoms with Gasteiger partial charge in [0, 0.05) is 0 Å². The lowest BCUT2D eigenvalue weighted by Crippen LogP contribution is -1.96. The Morgan fingerprint density at radius 1 is 0.565 bits per heavy atom. The van der Waals surface area contributed by atoms with Crippen molar-refractivity contribution in [2.45, 2.75) is 83.5 Å². The highest BCUT2D eigenvalue weighted by atomic mass is 16.5. The molecule has 23 heavy (non-hydrogen) atoms. The predicted octanol–water partition coefficient (Wildman–Crippen LogP) is 6.57. The van der Waals surface area contributed by atoms with Crippen molar-refractivity contribution >= 4 is 0 Å². The van der Waals surface area contributed by atoms with Gasteiger partial charge >= 0.3 is 0 Å². The number of para-hydroxylation sites is 1. The summed E-state index contributed by atoms with van der Waals surface area (Å²) in [5.41, 5.74) is 0. The molecule has 0 aliphatic rings. The van der Waals surface area contributed by atoms with Crippen LogP contribution in [0.15, 0.2) is 30.3 Å². The van der Waals surface area contributed by atoms with Crippen LogP contribution in [0.1, 0.15) is 83.5 Å². The molecule has 0 amide bonds. The first-order valence-electron chi connectivity index (χ1n) is 9.69. The summed E-state index contributed by atoms with van der Waals surface area (Å²) < 4.78 is 5.70. The second kappa shape index (κ2) is 15.9. The van der Waals surface area contributed by atoms with Gasteiger partial charge in [0.1, 0.15) is 5.75 Å². The minimum atomic E-state index is 0.110. The first kappa shape index (κ1) is 20.0. The molecule has 0 aromatic heterocycles. The van der Waals surface area contributed by atoms with E-state index < -0.39 is 0 Å². The molecule has 0 bridgehead atoms. The summed E-state index contributed by atoms with van der Waals surface area (Å²) in [5, 5.41) is 10.3. The van der Waals surface area contributed by atoms with E-state index in [1.165, 1.54) is 64.2 Å². The third-order valence-corrected chi connectivity index (χ3v) is 4.30. The summed E-state index contributed by atoms with van der Waals surface area (Å²) in [5.74, 6) is 0.987. The van der Waals surface area contributed by atoms with Crippen molar-refractivity contribution in [1.29, 1.82) is 0 Å². The van der Waals surface area contributed by atoms with Crippen LogP contribution in [-0.4, -0.2) is 13.2 Å². The highest BCUT2D eigenvalue weighted by Crippen LogP contribution is 2.13. The van der Waals surface area contributed by atoms with Crippen LogP contribution in [0.25, 0.3) is 0 Å². The molecule has 1 aromatic carbocycles. The Hall–Kier alpha value is -1.02. The molecule has 0 aliphatic heterocycles. The molecule has 0 saturated heterocycles. The van der Waals surface area contributed by atoms with Gasteiger partial charge in [0.2, 0.25) is 0 Å². The third-order valence-electron chi connectivity index (χ3n) is 4.30. The quantitative estimate of drug-likeness (QED) is 0.317. The number of benzene rings is 1. The van der Waals surface area contributed by atoms with Gasteiger partial charge in [0.15, 0.2) is 0 Å². The zero-order valence-corrected chi connectivity index (χ0v) is 14.8. The molecule has 0 heterocycles. The van der Waals surface area contributed by atoms with Gasteiger partial charge in [-0.2, -0.15) is 0 Å².